The summed E-state index contributed by atoms with van der Waals surface area (Å²) in [4.78, 5) is 0. The van der Waals surface area contributed by atoms with Gasteiger partial charge in [0, 0.05) is 7.11 Å². The largest absolute Gasteiger partial charge is 0.394 e. The molecule has 0 aliphatic heterocycles. The van der Waals surface area contributed by atoms with E-state index in [2.05, 4.69) is 132 Å². The van der Waals surface area contributed by atoms with Crippen molar-refractivity contribution < 1.29 is 14.9 Å². The smallest absolute Gasteiger partial charge is 0.0662 e. The molecule has 0 aromatic carbocycles. The molecule has 178 valence electrons. The number of aliphatic hydroxyl groups is 2. The highest BCUT2D eigenvalue weighted by molar-refractivity contribution is 4.27. The Morgan fingerprint density at radius 1 is 0.448 bits per heavy atom. The minimum absolute atomic E-state index is 0.125. The molecule has 2 N–H and O–H groups in total. The van der Waals surface area contributed by atoms with Crippen molar-refractivity contribution in [1.29, 1.82) is 0 Å². The Bertz CT molecular complexity index is 105. The van der Waals surface area contributed by atoms with Gasteiger partial charge < -0.3 is 14.9 Å². The van der Waals surface area contributed by atoms with Gasteiger partial charge in [-0.2, -0.15) is 0 Å². The van der Waals surface area contributed by atoms with E-state index < -0.39 is 0 Å². The standard InChI is InChI=1S/C4H10O.C2H6O2.10C2H4/c1-4(2)5-3;3-1-2-4;10*1-2/h4H,1-3H3;3-4H,1-2H2;10*1-2H2. The summed E-state index contributed by atoms with van der Waals surface area (Å²) >= 11 is 0. The van der Waals surface area contributed by atoms with Crippen molar-refractivity contribution in [3.05, 3.63) is 132 Å². The second-order valence-electron chi connectivity index (χ2n) is 1.73. The van der Waals surface area contributed by atoms with Crippen LogP contribution in [0.2, 0.25) is 0 Å². The van der Waals surface area contributed by atoms with E-state index in [1.807, 2.05) is 13.8 Å². The molecule has 0 saturated heterocycles. The van der Waals surface area contributed by atoms with Gasteiger partial charge in [-0.25, -0.2) is 0 Å². The van der Waals surface area contributed by atoms with Gasteiger partial charge in [-0.15, -0.1) is 132 Å². The molecule has 0 fully saturated rings. The fraction of sp³-hybridized carbons (Fsp3) is 0.231. The normalized spacial score (nSPS) is 4.07. The predicted molar refractivity (Wildman–Crippen MR) is 149 cm³/mol. The van der Waals surface area contributed by atoms with E-state index in [-0.39, 0.29) is 13.2 Å². The van der Waals surface area contributed by atoms with Gasteiger partial charge in [-0.3, -0.25) is 0 Å². The molecule has 0 aliphatic rings. The minimum atomic E-state index is -0.125. The van der Waals surface area contributed by atoms with E-state index >= 15 is 0 Å². The molecule has 0 heterocycles. The SMILES string of the molecule is C=C.C=C.C=C.C=C.C=C.C=C.C=C.C=C.C=C.C=C.COC(C)C.OCCO. The van der Waals surface area contributed by atoms with Gasteiger partial charge in [0.2, 0.25) is 0 Å². The highest BCUT2D eigenvalue weighted by Gasteiger charge is 1.78. The number of hydrogen-bond acceptors (Lipinski definition) is 3. The molecular weight excluding hydrogens is 360 g/mol. The monoisotopic (exact) mass is 416 g/mol. The third kappa shape index (κ3) is 175000. The van der Waals surface area contributed by atoms with E-state index in [0.29, 0.717) is 6.10 Å². The lowest BCUT2D eigenvalue weighted by Crippen LogP contribution is -1.94. The van der Waals surface area contributed by atoms with E-state index in [1.165, 1.54) is 0 Å². The van der Waals surface area contributed by atoms with Gasteiger partial charge in [-0.05, 0) is 13.8 Å². The zero-order valence-corrected chi connectivity index (χ0v) is 20.4. The lowest BCUT2D eigenvalue weighted by atomic mass is 10.5. The molecule has 0 aliphatic carbocycles. The first kappa shape index (κ1) is 82.4. The summed E-state index contributed by atoms with van der Waals surface area (Å²) in [6, 6.07) is 0. The van der Waals surface area contributed by atoms with Crippen molar-refractivity contribution in [3.8, 4) is 0 Å². The summed E-state index contributed by atoms with van der Waals surface area (Å²) in [7, 11) is 1.70. The zero-order valence-electron chi connectivity index (χ0n) is 20.4. The number of rotatable bonds is 2. The Balaban J connectivity index is -0.0000000112. The fourth-order valence-corrected chi connectivity index (χ4v) is 0. The Labute approximate surface area is 187 Å². The van der Waals surface area contributed by atoms with Crippen LogP contribution in [-0.4, -0.2) is 36.6 Å². The lowest BCUT2D eigenvalue weighted by Gasteiger charge is -1.94. The molecule has 0 bridgehead atoms. The molecule has 0 aromatic heterocycles. The van der Waals surface area contributed by atoms with Gasteiger partial charge >= 0.3 is 0 Å². The maximum Gasteiger partial charge on any atom is 0.0662 e. The molecule has 0 aromatic rings. The Morgan fingerprint density at radius 3 is 0.517 bits per heavy atom. The summed E-state index contributed by atoms with van der Waals surface area (Å²) in [5, 5.41) is 15.2. The van der Waals surface area contributed by atoms with Crippen LogP contribution in [-0.2, 0) is 4.74 Å². The molecule has 3 nitrogen and oxygen atoms in total. The van der Waals surface area contributed by atoms with Crippen LogP contribution in [0.4, 0.5) is 0 Å². The van der Waals surface area contributed by atoms with Crippen LogP contribution >= 0.6 is 0 Å². The van der Waals surface area contributed by atoms with Crippen molar-refractivity contribution in [3.63, 3.8) is 0 Å². The van der Waals surface area contributed by atoms with E-state index in [1.54, 1.807) is 7.11 Å². The van der Waals surface area contributed by atoms with Crippen LogP contribution in [0.15, 0.2) is 132 Å². The van der Waals surface area contributed by atoms with Crippen molar-refractivity contribution in [2.75, 3.05) is 20.3 Å². The van der Waals surface area contributed by atoms with E-state index in [4.69, 9.17) is 14.9 Å². The van der Waals surface area contributed by atoms with Crippen molar-refractivity contribution in [2.45, 2.75) is 20.0 Å². The average Bonchev–Trinajstić information content (AvgIpc) is 2.91. The third-order valence-electron chi connectivity index (χ3n) is 0.571. The van der Waals surface area contributed by atoms with Crippen LogP contribution in [0.5, 0.6) is 0 Å². The summed E-state index contributed by atoms with van der Waals surface area (Å²) in [5.74, 6) is 0. The number of hydrogen-bond donors (Lipinski definition) is 2. The summed E-state index contributed by atoms with van der Waals surface area (Å²) in [5.41, 5.74) is 0. The first-order valence-electron chi connectivity index (χ1n) is 7.93. The Hall–Kier alpha value is -2.72. The van der Waals surface area contributed by atoms with Gasteiger partial charge in [0.05, 0.1) is 19.3 Å². The first-order valence-corrected chi connectivity index (χ1v) is 7.93. The van der Waals surface area contributed by atoms with Gasteiger partial charge in [-0.1, -0.05) is 0 Å². The highest BCUT2D eigenvalue weighted by Crippen LogP contribution is 1.77. The molecule has 0 radical (unpaired) electrons. The third-order valence-corrected chi connectivity index (χ3v) is 0.571. The fourth-order valence-electron chi connectivity index (χ4n) is 0. The zero-order chi connectivity index (χ0) is 27.7. The van der Waals surface area contributed by atoms with Crippen LogP contribution in [0.25, 0.3) is 0 Å². The van der Waals surface area contributed by atoms with E-state index in [9.17, 15) is 0 Å². The van der Waals surface area contributed by atoms with Crippen molar-refractivity contribution in [1.82, 2.24) is 0 Å². The molecular formula is C26H56O3. The predicted octanol–water partition coefficient (Wildman–Crippen LogP) is 8.03. The number of methoxy groups -OCH3 is 1. The first-order chi connectivity index (χ1) is 14.2. The Morgan fingerprint density at radius 2 is 0.517 bits per heavy atom. The van der Waals surface area contributed by atoms with Crippen LogP contribution in [0.3, 0.4) is 0 Å². The van der Waals surface area contributed by atoms with Crippen LogP contribution < -0.4 is 0 Å². The number of aliphatic hydroxyl groups excluding tert-OH is 2. The Kier molecular flexibility index (Phi) is 3930. The molecule has 0 rings (SSSR count). The summed E-state index contributed by atoms with van der Waals surface area (Å²) in [6.45, 7) is 63.8. The summed E-state index contributed by atoms with van der Waals surface area (Å²) < 4.78 is 4.75. The second kappa shape index (κ2) is 1390. The quantitative estimate of drug-likeness (QED) is 0.448. The summed E-state index contributed by atoms with van der Waals surface area (Å²) in [6.07, 6.45) is 0.384. The van der Waals surface area contributed by atoms with Crippen LogP contribution in [0.1, 0.15) is 13.8 Å². The van der Waals surface area contributed by atoms with Crippen molar-refractivity contribution >= 4 is 0 Å². The highest BCUT2D eigenvalue weighted by atomic mass is 16.5. The van der Waals surface area contributed by atoms with E-state index in [0.717, 1.165) is 0 Å². The maximum absolute atomic E-state index is 7.62. The average molecular weight is 417 g/mol. The van der Waals surface area contributed by atoms with Gasteiger partial charge in [0.1, 0.15) is 0 Å². The van der Waals surface area contributed by atoms with Crippen molar-refractivity contribution in [2.24, 2.45) is 0 Å². The molecule has 3 heteroatoms. The minimum Gasteiger partial charge on any atom is -0.394 e. The molecule has 29 heavy (non-hydrogen) atoms. The van der Waals surface area contributed by atoms with Gasteiger partial charge in [0.25, 0.3) is 0 Å². The molecule has 0 unspecified atom stereocenters. The maximum atomic E-state index is 7.62. The molecule has 0 spiro atoms. The lowest BCUT2D eigenvalue weighted by molar-refractivity contribution is 0.134. The molecule has 0 amide bonds. The van der Waals surface area contributed by atoms with Crippen LogP contribution in [0, 0.1) is 0 Å². The molecule has 0 atom stereocenters. The molecule has 0 saturated carbocycles. The van der Waals surface area contributed by atoms with Gasteiger partial charge in [0.15, 0.2) is 0 Å². The topological polar surface area (TPSA) is 49.7 Å². The second-order valence-corrected chi connectivity index (χ2v) is 1.73. The number of ether oxygens (including phenoxy) is 1.